The summed E-state index contributed by atoms with van der Waals surface area (Å²) in [6.45, 7) is 8.60. The lowest BCUT2D eigenvalue weighted by atomic mass is 9.78. The molecule has 1 aliphatic heterocycles. The zero-order valence-electron chi connectivity index (χ0n) is 13.8. The molecule has 0 bridgehead atoms. The lowest BCUT2D eigenvalue weighted by Gasteiger charge is -2.51. The number of nitrogens with zero attached hydrogens (tertiary/aromatic N) is 1. The third kappa shape index (κ3) is 4.14. The van der Waals surface area contributed by atoms with Crippen LogP contribution in [0.5, 0.6) is 0 Å². The summed E-state index contributed by atoms with van der Waals surface area (Å²) in [6.07, 6.45) is 12.0. The van der Waals surface area contributed by atoms with Gasteiger partial charge in [0.2, 0.25) is 0 Å². The van der Waals surface area contributed by atoms with Gasteiger partial charge in [-0.1, -0.05) is 39.5 Å². The molecule has 0 radical (unpaired) electrons. The Kier molecular flexibility index (Phi) is 6.70. The van der Waals surface area contributed by atoms with E-state index in [1.807, 2.05) is 11.8 Å². The van der Waals surface area contributed by atoms with E-state index in [9.17, 15) is 0 Å². The van der Waals surface area contributed by atoms with E-state index >= 15 is 0 Å². The number of hydrogen-bond acceptors (Lipinski definition) is 3. The number of piperazine rings is 1. The standard InChI is InChI=1S/C17H34N2S/c1-4-15(2)16-13-18-17(9-6-5-7-10-17)14-19(16)11-8-12-20-3/h15-16,18H,4-14H2,1-3H3. The van der Waals surface area contributed by atoms with Gasteiger partial charge in [-0.2, -0.15) is 11.8 Å². The molecular weight excluding hydrogens is 264 g/mol. The minimum atomic E-state index is 0.460. The molecule has 1 heterocycles. The molecule has 3 heteroatoms. The quantitative estimate of drug-likeness (QED) is 0.752. The predicted octanol–water partition coefficient (Wildman–Crippen LogP) is 3.76. The number of hydrogen-bond donors (Lipinski definition) is 1. The predicted molar refractivity (Wildman–Crippen MR) is 91.6 cm³/mol. The van der Waals surface area contributed by atoms with Crippen molar-refractivity contribution in [2.75, 3.05) is 31.6 Å². The van der Waals surface area contributed by atoms with Crippen molar-refractivity contribution in [1.29, 1.82) is 0 Å². The van der Waals surface area contributed by atoms with Gasteiger partial charge in [0, 0.05) is 24.7 Å². The zero-order chi connectivity index (χ0) is 14.4. The van der Waals surface area contributed by atoms with E-state index in [1.54, 1.807) is 0 Å². The van der Waals surface area contributed by atoms with Gasteiger partial charge in [0.05, 0.1) is 0 Å². The Morgan fingerprint density at radius 3 is 2.70 bits per heavy atom. The van der Waals surface area contributed by atoms with Crippen molar-refractivity contribution < 1.29 is 0 Å². The molecule has 1 N–H and O–H groups in total. The smallest absolute Gasteiger partial charge is 0.0309 e. The molecule has 118 valence electrons. The van der Waals surface area contributed by atoms with Crippen LogP contribution < -0.4 is 5.32 Å². The van der Waals surface area contributed by atoms with Crippen molar-refractivity contribution in [3.63, 3.8) is 0 Å². The van der Waals surface area contributed by atoms with Gasteiger partial charge >= 0.3 is 0 Å². The van der Waals surface area contributed by atoms with Crippen molar-refractivity contribution in [3.8, 4) is 0 Å². The van der Waals surface area contributed by atoms with E-state index in [4.69, 9.17) is 0 Å². The first-order valence-electron chi connectivity index (χ1n) is 8.69. The highest BCUT2D eigenvalue weighted by Gasteiger charge is 2.40. The van der Waals surface area contributed by atoms with E-state index in [1.165, 1.54) is 70.3 Å². The molecule has 0 amide bonds. The van der Waals surface area contributed by atoms with Gasteiger partial charge in [-0.15, -0.1) is 0 Å². The summed E-state index contributed by atoms with van der Waals surface area (Å²) in [5, 5.41) is 3.97. The fourth-order valence-electron chi connectivity index (χ4n) is 4.07. The van der Waals surface area contributed by atoms with Crippen molar-refractivity contribution in [2.45, 2.75) is 70.4 Å². The van der Waals surface area contributed by atoms with Crippen LogP contribution >= 0.6 is 11.8 Å². The summed E-state index contributed by atoms with van der Waals surface area (Å²) in [5.41, 5.74) is 0.460. The average molecular weight is 299 g/mol. The van der Waals surface area contributed by atoms with Crippen LogP contribution in [0.2, 0.25) is 0 Å². The Hall–Kier alpha value is 0.270. The number of nitrogens with one attached hydrogen (secondary N) is 1. The SMILES string of the molecule is CCC(C)C1CNC2(CCCCC2)CN1CCCSC. The van der Waals surface area contributed by atoms with Crippen molar-refractivity contribution in [1.82, 2.24) is 10.2 Å². The minimum absolute atomic E-state index is 0.460. The Balaban J connectivity index is 1.97. The fourth-order valence-corrected chi connectivity index (χ4v) is 4.48. The molecule has 2 unspecified atom stereocenters. The van der Waals surface area contributed by atoms with Crippen LogP contribution in [0.3, 0.4) is 0 Å². The van der Waals surface area contributed by atoms with Crippen LogP contribution in [-0.2, 0) is 0 Å². The summed E-state index contributed by atoms with van der Waals surface area (Å²) in [5.74, 6) is 2.13. The van der Waals surface area contributed by atoms with Crippen molar-refractivity contribution >= 4 is 11.8 Å². The van der Waals surface area contributed by atoms with E-state index in [-0.39, 0.29) is 0 Å². The first-order chi connectivity index (χ1) is 9.71. The molecule has 2 atom stereocenters. The first kappa shape index (κ1) is 16.6. The van der Waals surface area contributed by atoms with Gasteiger partial charge < -0.3 is 5.32 Å². The maximum Gasteiger partial charge on any atom is 0.0309 e. The second-order valence-corrected chi connectivity index (χ2v) is 7.98. The summed E-state index contributed by atoms with van der Waals surface area (Å²) in [4.78, 5) is 2.84. The van der Waals surface area contributed by atoms with Gasteiger partial charge in [-0.3, -0.25) is 4.90 Å². The molecular formula is C17H34N2S. The Morgan fingerprint density at radius 1 is 1.30 bits per heavy atom. The van der Waals surface area contributed by atoms with Crippen LogP contribution in [0.1, 0.15) is 58.8 Å². The van der Waals surface area contributed by atoms with Gasteiger partial charge in [-0.25, -0.2) is 0 Å². The summed E-state index contributed by atoms with van der Waals surface area (Å²) in [7, 11) is 0. The van der Waals surface area contributed by atoms with Crippen LogP contribution in [0.4, 0.5) is 0 Å². The Morgan fingerprint density at radius 2 is 2.05 bits per heavy atom. The normalized spacial score (nSPS) is 28.6. The van der Waals surface area contributed by atoms with Gasteiger partial charge in [0.15, 0.2) is 0 Å². The molecule has 1 saturated carbocycles. The maximum atomic E-state index is 3.97. The van der Waals surface area contributed by atoms with E-state index in [0.717, 1.165) is 12.0 Å². The summed E-state index contributed by atoms with van der Waals surface area (Å²) in [6, 6.07) is 0.759. The van der Waals surface area contributed by atoms with Crippen LogP contribution in [0.25, 0.3) is 0 Å². The van der Waals surface area contributed by atoms with Crippen LogP contribution in [0.15, 0.2) is 0 Å². The Labute approximate surface area is 130 Å². The molecule has 2 rings (SSSR count). The highest BCUT2D eigenvalue weighted by atomic mass is 32.2. The molecule has 2 aliphatic rings. The van der Waals surface area contributed by atoms with Gasteiger partial charge in [0.1, 0.15) is 0 Å². The Bertz CT molecular complexity index is 276. The molecule has 20 heavy (non-hydrogen) atoms. The largest absolute Gasteiger partial charge is 0.308 e. The molecule has 0 aromatic rings. The first-order valence-corrected chi connectivity index (χ1v) is 10.1. The van der Waals surface area contributed by atoms with E-state index < -0.39 is 0 Å². The number of rotatable bonds is 6. The third-order valence-electron chi connectivity index (χ3n) is 5.57. The molecule has 1 saturated heterocycles. The molecule has 1 spiro atoms. The van der Waals surface area contributed by atoms with Gasteiger partial charge in [0.25, 0.3) is 0 Å². The lowest BCUT2D eigenvalue weighted by Crippen LogP contribution is -2.66. The number of thioether (sulfide) groups is 1. The molecule has 0 aromatic carbocycles. The van der Waals surface area contributed by atoms with Crippen LogP contribution in [0, 0.1) is 5.92 Å². The van der Waals surface area contributed by atoms with Crippen molar-refractivity contribution in [2.24, 2.45) is 5.92 Å². The summed E-state index contributed by atoms with van der Waals surface area (Å²) < 4.78 is 0. The molecule has 1 aliphatic carbocycles. The fraction of sp³-hybridized carbons (Fsp3) is 1.00. The average Bonchev–Trinajstić information content (AvgIpc) is 2.48. The monoisotopic (exact) mass is 298 g/mol. The second kappa shape index (κ2) is 8.05. The topological polar surface area (TPSA) is 15.3 Å². The highest BCUT2D eigenvalue weighted by molar-refractivity contribution is 7.98. The third-order valence-corrected chi connectivity index (χ3v) is 6.26. The molecule has 2 fully saturated rings. The van der Waals surface area contributed by atoms with Crippen molar-refractivity contribution in [3.05, 3.63) is 0 Å². The second-order valence-electron chi connectivity index (χ2n) is 6.99. The highest BCUT2D eigenvalue weighted by Crippen LogP contribution is 2.33. The lowest BCUT2D eigenvalue weighted by molar-refractivity contribution is 0.0327. The molecule has 0 aromatic heterocycles. The van der Waals surface area contributed by atoms with E-state index in [2.05, 4.69) is 30.3 Å². The van der Waals surface area contributed by atoms with Gasteiger partial charge in [-0.05, 0) is 43.7 Å². The molecule has 2 nitrogen and oxygen atoms in total. The minimum Gasteiger partial charge on any atom is -0.308 e. The summed E-state index contributed by atoms with van der Waals surface area (Å²) >= 11 is 1.99. The van der Waals surface area contributed by atoms with Crippen LogP contribution in [-0.4, -0.2) is 48.1 Å². The van der Waals surface area contributed by atoms with E-state index in [0.29, 0.717) is 5.54 Å². The maximum absolute atomic E-state index is 3.97. The zero-order valence-corrected chi connectivity index (χ0v) is 14.6.